The highest BCUT2D eigenvalue weighted by atomic mass is 28.4. The fourth-order valence-electron chi connectivity index (χ4n) is 8.63. The number of aromatic nitrogens is 2. The number of ether oxygens (including phenoxy) is 2. The van der Waals surface area contributed by atoms with Crippen molar-refractivity contribution in [3.63, 3.8) is 0 Å². The Balaban J connectivity index is 1.56. The Hall–Kier alpha value is -5.89. The predicted molar refractivity (Wildman–Crippen MR) is 270 cm³/mol. The SMILES string of the molecule is CC(C)(C)OC(=O)Nc1cccc(Cc2ccccc2[Si](O[Si](c2ccccc2)(c2ccccc2Cc2cccc(NC(=O)OC(C)(C)C)n2)C(C)(C)C)(c2ccccc2)C(C)(C)C)n1. The number of benzene rings is 4. The Morgan fingerprint density at radius 3 is 1.12 bits per heavy atom. The second-order valence-electron chi connectivity index (χ2n) is 20.6. The minimum Gasteiger partial charge on any atom is -0.444 e. The second kappa shape index (κ2) is 19.3. The molecule has 2 amide bonds. The number of rotatable bonds is 12. The molecule has 11 heteroatoms. The van der Waals surface area contributed by atoms with E-state index in [1.165, 1.54) is 20.7 Å². The van der Waals surface area contributed by atoms with Gasteiger partial charge in [0.2, 0.25) is 0 Å². The van der Waals surface area contributed by atoms with E-state index in [0.29, 0.717) is 24.5 Å². The van der Waals surface area contributed by atoms with Crippen molar-refractivity contribution in [2.24, 2.45) is 0 Å². The lowest BCUT2D eigenvalue weighted by Crippen LogP contribution is -2.78. The Bertz CT molecular complexity index is 2400. The maximum atomic E-state index is 12.8. The maximum absolute atomic E-state index is 12.8. The molecule has 2 N–H and O–H groups in total. The van der Waals surface area contributed by atoms with Crippen LogP contribution in [0.15, 0.2) is 146 Å². The summed E-state index contributed by atoms with van der Waals surface area (Å²) >= 11 is 0. The average molecular weight is 907 g/mol. The van der Waals surface area contributed by atoms with Crippen molar-refractivity contribution in [1.29, 1.82) is 0 Å². The van der Waals surface area contributed by atoms with Gasteiger partial charge >= 0.3 is 12.2 Å². The second-order valence-corrected chi connectivity index (χ2v) is 29.4. The lowest BCUT2D eigenvalue weighted by atomic mass is 10.1. The topological polar surface area (TPSA) is 112 Å². The van der Waals surface area contributed by atoms with Crippen molar-refractivity contribution >= 4 is 61.2 Å². The molecule has 2 atom stereocenters. The van der Waals surface area contributed by atoms with Gasteiger partial charge in [-0.2, -0.15) is 0 Å². The van der Waals surface area contributed by atoms with Gasteiger partial charge in [-0.15, -0.1) is 0 Å². The number of carbonyl (C=O) groups is 2. The van der Waals surface area contributed by atoms with Crippen LogP contribution >= 0.6 is 0 Å². The number of carbonyl (C=O) groups excluding carboxylic acids is 2. The van der Waals surface area contributed by atoms with E-state index >= 15 is 0 Å². The highest BCUT2D eigenvalue weighted by Gasteiger charge is 2.61. The van der Waals surface area contributed by atoms with Crippen LogP contribution in [0.4, 0.5) is 21.2 Å². The molecule has 0 saturated heterocycles. The summed E-state index contributed by atoms with van der Waals surface area (Å²) in [6.45, 7) is 25.0. The van der Waals surface area contributed by atoms with E-state index in [-0.39, 0.29) is 0 Å². The molecule has 0 aliphatic carbocycles. The Kier molecular flexibility index (Phi) is 14.4. The van der Waals surface area contributed by atoms with Crippen LogP contribution in [0.1, 0.15) is 106 Å². The smallest absolute Gasteiger partial charge is 0.413 e. The number of nitrogens with zero attached hydrogens (tertiary/aromatic N) is 2. The molecule has 6 rings (SSSR count). The van der Waals surface area contributed by atoms with Crippen LogP contribution in [0.3, 0.4) is 0 Å². The number of nitrogens with one attached hydrogen (secondary N) is 2. The number of hydrogen-bond donors (Lipinski definition) is 2. The zero-order valence-corrected chi connectivity index (χ0v) is 42.2. The zero-order chi connectivity index (χ0) is 47.3. The van der Waals surface area contributed by atoms with E-state index in [1.807, 2.05) is 65.8 Å². The largest absolute Gasteiger partial charge is 0.444 e. The first-order valence-corrected chi connectivity index (χ1v) is 26.2. The summed E-state index contributed by atoms with van der Waals surface area (Å²) in [6.07, 6.45) is -0.0896. The molecule has 0 saturated carbocycles. The van der Waals surface area contributed by atoms with Gasteiger partial charge in [0.15, 0.2) is 0 Å². The molecule has 2 heterocycles. The van der Waals surface area contributed by atoms with Crippen LogP contribution in [-0.2, 0) is 26.4 Å². The highest BCUT2D eigenvalue weighted by molar-refractivity contribution is 7.11. The lowest BCUT2D eigenvalue weighted by molar-refractivity contribution is 0.0624. The third kappa shape index (κ3) is 11.5. The summed E-state index contributed by atoms with van der Waals surface area (Å²) in [7, 11) is -6.84. The first kappa shape index (κ1) is 48.6. The third-order valence-electron chi connectivity index (χ3n) is 11.2. The minimum absolute atomic E-state index is 0.394. The van der Waals surface area contributed by atoms with Crippen molar-refractivity contribution < 1.29 is 23.2 Å². The van der Waals surface area contributed by atoms with Gasteiger partial charge in [-0.05, 0) is 108 Å². The molecule has 0 radical (unpaired) electrons. The van der Waals surface area contributed by atoms with Crippen molar-refractivity contribution in [3.8, 4) is 0 Å². The fourth-order valence-corrected chi connectivity index (χ4v) is 21.9. The van der Waals surface area contributed by atoms with Crippen molar-refractivity contribution in [2.45, 2.75) is 117 Å². The van der Waals surface area contributed by atoms with Gasteiger partial charge in [0.25, 0.3) is 16.6 Å². The molecule has 0 spiro atoms. The molecular weight excluding hydrogens is 841 g/mol. The molecule has 2 unspecified atom stereocenters. The Morgan fingerprint density at radius 2 is 0.785 bits per heavy atom. The molecule has 4 aromatic carbocycles. The minimum atomic E-state index is -3.42. The molecule has 0 aliphatic rings. The van der Waals surface area contributed by atoms with E-state index in [9.17, 15) is 9.59 Å². The Morgan fingerprint density at radius 1 is 0.446 bits per heavy atom. The first-order valence-electron chi connectivity index (χ1n) is 22.4. The van der Waals surface area contributed by atoms with E-state index in [2.05, 4.69) is 161 Å². The van der Waals surface area contributed by atoms with Gasteiger partial charge in [0.05, 0.1) is 0 Å². The van der Waals surface area contributed by atoms with E-state index in [1.54, 1.807) is 12.1 Å². The first-order chi connectivity index (χ1) is 30.5. The molecule has 65 heavy (non-hydrogen) atoms. The molecule has 6 aromatic rings. The molecule has 9 nitrogen and oxygen atoms in total. The zero-order valence-electron chi connectivity index (χ0n) is 40.2. The van der Waals surface area contributed by atoms with E-state index in [4.69, 9.17) is 23.6 Å². The Labute approximate surface area is 388 Å². The number of pyridine rings is 2. The van der Waals surface area contributed by atoms with Crippen LogP contribution in [0.2, 0.25) is 10.1 Å². The van der Waals surface area contributed by atoms with Crippen LogP contribution in [-0.4, -0.2) is 50.0 Å². The van der Waals surface area contributed by atoms with Crippen LogP contribution in [0.25, 0.3) is 0 Å². The molecule has 0 fully saturated rings. The molecule has 0 aliphatic heterocycles. The van der Waals surface area contributed by atoms with E-state index in [0.717, 1.165) is 22.5 Å². The quantitative estimate of drug-likeness (QED) is 0.118. The van der Waals surface area contributed by atoms with Crippen LogP contribution in [0, 0.1) is 0 Å². The predicted octanol–water partition coefficient (Wildman–Crippen LogP) is 10.8. The van der Waals surface area contributed by atoms with Gasteiger partial charge < -0.3 is 13.6 Å². The van der Waals surface area contributed by atoms with Crippen molar-refractivity contribution in [1.82, 2.24) is 9.97 Å². The summed E-state index contributed by atoms with van der Waals surface area (Å²) in [6, 6.07) is 50.5. The summed E-state index contributed by atoms with van der Waals surface area (Å²) in [5, 5.41) is 9.56. The average Bonchev–Trinajstić information content (AvgIpc) is 3.21. The maximum Gasteiger partial charge on any atom is 0.413 e. The van der Waals surface area contributed by atoms with Gasteiger partial charge in [-0.1, -0.05) is 163 Å². The van der Waals surface area contributed by atoms with Gasteiger partial charge in [-0.25, -0.2) is 19.6 Å². The van der Waals surface area contributed by atoms with Gasteiger partial charge in [0, 0.05) is 24.2 Å². The molecule has 0 bridgehead atoms. The van der Waals surface area contributed by atoms with Gasteiger partial charge in [0.1, 0.15) is 22.8 Å². The standard InChI is InChI=1S/C54H66N4O5Si2/c1-51(2,3)61-49(59)57-47-35-23-27-41(55-47)37-39-25-19-21-33-45(39)64(53(7,8)9,43-29-15-13-16-30-43)63-65(54(10,11)12,44-31-17-14-18-32-44)46-34-22-20-26-40(46)38-42-28-24-36-48(56-42)58-50(60)62-52(4,5)6/h13-36H,37-38H2,1-12H3,(H,55,57,59)(H,56,58,60). The highest BCUT2D eigenvalue weighted by Crippen LogP contribution is 2.45. The van der Waals surface area contributed by atoms with Crippen molar-refractivity contribution in [2.75, 3.05) is 10.6 Å². The van der Waals surface area contributed by atoms with Crippen LogP contribution in [0.5, 0.6) is 0 Å². The molecule has 2 aromatic heterocycles. The molecule has 340 valence electrons. The summed E-state index contributed by atoms with van der Waals surface area (Å²) < 4.78 is 19.9. The lowest BCUT2D eigenvalue weighted by Gasteiger charge is -2.54. The monoisotopic (exact) mass is 906 g/mol. The van der Waals surface area contributed by atoms with Crippen molar-refractivity contribution in [3.05, 3.63) is 168 Å². The number of hydrogen-bond acceptors (Lipinski definition) is 7. The summed E-state index contributed by atoms with van der Waals surface area (Å²) in [4.78, 5) is 35.5. The van der Waals surface area contributed by atoms with E-state index < -0.39 is 50.1 Å². The normalized spacial score (nSPS) is 14.1. The molecular formula is C54H66N4O5Si2. The summed E-state index contributed by atoms with van der Waals surface area (Å²) in [5.74, 6) is 0.849. The summed E-state index contributed by atoms with van der Waals surface area (Å²) in [5.41, 5.74) is 2.54. The number of amides is 2. The van der Waals surface area contributed by atoms with Crippen LogP contribution < -0.4 is 31.4 Å². The number of anilines is 2. The fraction of sp³-hybridized carbons (Fsp3) is 0.333. The van der Waals surface area contributed by atoms with Gasteiger partial charge in [-0.3, -0.25) is 10.6 Å². The third-order valence-corrected chi connectivity index (χ3v) is 22.6.